The van der Waals surface area contributed by atoms with Gasteiger partial charge in [0.2, 0.25) is 0 Å². The van der Waals surface area contributed by atoms with Crippen LogP contribution in [0.15, 0.2) is 48.5 Å². The van der Waals surface area contributed by atoms with E-state index in [1.807, 2.05) is 0 Å². The smallest absolute Gasteiger partial charge is 0.304 e. The van der Waals surface area contributed by atoms with Crippen molar-refractivity contribution in [2.24, 2.45) is 0 Å². The molecule has 32 heavy (non-hydrogen) atoms. The van der Waals surface area contributed by atoms with Gasteiger partial charge in [0.25, 0.3) is 11.8 Å². The van der Waals surface area contributed by atoms with Crippen molar-refractivity contribution >= 4 is 11.8 Å². The molecule has 2 heterocycles. The van der Waals surface area contributed by atoms with E-state index in [9.17, 15) is 19.7 Å². The van der Waals surface area contributed by atoms with Crippen LogP contribution in [0.5, 0.6) is 11.5 Å². The number of ether oxygens (including phenoxy) is 2. The van der Waals surface area contributed by atoms with Crippen molar-refractivity contribution in [3.05, 3.63) is 69.8 Å². The SMILES string of the molecule is COc1ccccc1C(=O)N1C[NH+]2CN(C(=O)c3ccccc3OC)CC([N+](=O)[O-])(C1)C2. The van der Waals surface area contributed by atoms with Crippen LogP contribution in [-0.2, 0) is 0 Å². The first-order valence-corrected chi connectivity index (χ1v) is 10.2. The Bertz CT molecular complexity index is 987. The molecule has 0 saturated carbocycles. The molecule has 2 aliphatic rings. The van der Waals surface area contributed by atoms with Crippen LogP contribution in [0.3, 0.4) is 0 Å². The third-order valence-corrected chi connectivity index (χ3v) is 6.01. The number of carbonyl (C=O) groups is 2. The summed E-state index contributed by atoms with van der Waals surface area (Å²) < 4.78 is 10.6. The number of hydrogen-bond donors (Lipinski definition) is 1. The predicted octanol–water partition coefficient (Wildman–Crippen LogP) is 0.131. The molecule has 4 rings (SSSR count). The number of rotatable bonds is 5. The average Bonchev–Trinajstić information content (AvgIpc) is 2.82. The van der Waals surface area contributed by atoms with E-state index in [1.165, 1.54) is 24.0 Å². The van der Waals surface area contributed by atoms with Crippen LogP contribution in [0.4, 0.5) is 0 Å². The van der Waals surface area contributed by atoms with Crippen molar-refractivity contribution < 1.29 is 28.9 Å². The zero-order valence-corrected chi connectivity index (χ0v) is 17.9. The molecule has 2 amide bonds. The maximum Gasteiger partial charge on any atom is 0.304 e. The van der Waals surface area contributed by atoms with Crippen LogP contribution in [0.1, 0.15) is 20.7 Å². The fourth-order valence-electron chi connectivity index (χ4n) is 4.60. The van der Waals surface area contributed by atoms with E-state index in [0.717, 1.165) is 4.90 Å². The Morgan fingerprint density at radius 1 is 0.906 bits per heavy atom. The zero-order valence-electron chi connectivity index (χ0n) is 17.9. The molecular weight excluding hydrogens is 416 g/mol. The Hall–Kier alpha value is -3.66. The molecule has 0 spiro atoms. The standard InChI is InChI=1S/C22H24N4O6/c1-31-18-9-5-3-7-16(18)20(27)24-12-22(26(29)30)11-23(14-24)15-25(13-22)21(28)17-8-4-6-10-19(17)32-2/h3-10H,11-15H2,1-2H3/p+1. The molecule has 0 atom stereocenters. The lowest BCUT2D eigenvalue weighted by Crippen LogP contribution is -3.21. The number of para-hydroxylation sites is 2. The third kappa shape index (κ3) is 3.73. The number of fused-ring (bicyclic) bond motifs is 2. The monoisotopic (exact) mass is 441 g/mol. The normalized spacial score (nSPS) is 22.2. The van der Waals surface area contributed by atoms with Crippen LogP contribution in [0.2, 0.25) is 0 Å². The molecule has 10 heteroatoms. The van der Waals surface area contributed by atoms with Gasteiger partial charge >= 0.3 is 5.54 Å². The molecule has 2 aromatic rings. The highest BCUT2D eigenvalue weighted by Crippen LogP contribution is 2.26. The summed E-state index contributed by atoms with van der Waals surface area (Å²) in [4.78, 5) is 42.0. The lowest BCUT2D eigenvalue weighted by molar-refractivity contribution is -0.950. The number of nitrogens with one attached hydrogen (secondary N) is 1. The van der Waals surface area contributed by atoms with E-state index in [0.29, 0.717) is 22.6 Å². The van der Waals surface area contributed by atoms with E-state index >= 15 is 0 Å². The first-order chi connectivity index (χ1) is 15.4. The quantitative estimate of drug-likeness (QED) is 0.522. The fraction of sp³-hybridized carbons (Fsp3) is 0.364. The minimum Gasteiger partial charge on any atom is -0.496 e. The summed E-state index contributed by atoms with van der Waals surface area (Å²) in [5.41, 5.74) is -0.742. The zero-order chi connectivity index (χ0) is 22.9. The molecule has 2 aromatic carbocycles. The van der Waals surface area contributed by atoms with Crippen LogP contribution in [-0.4, -0.2) is 79.3 Å². The van der Waals surface area contributed by atoms with Crippen LogP contribution in [0, 0.1) is 10.1 Å². The molecule has 10 nitrogen and oxygen atoms in total. The number of quaternary nitrogens is 1. The van der Waals surface area contributed by atoms with Crippen LogP contribution >= 0.6 is 0 Å². The number of benzene rings is 2. The molecule has 2 saturated heterocycles. The summed E-state index contributed by atoms with van der Waals surface area (Å²) in [5, 5.41) is 12.2. The number of carbonyl (C=O) groups excluding carboxylic acids is 2. The highest BCUT2D eigenvalue weighted by molar-refractivity contribution is 5.98. The summed E-state index contributed by atoms with van der Waals surface area (Å²) in [6.45, 7) is 0.571. The van der Waals surface area contributed by atoms with Gasteiger partial charge in [0.15, 0.2) is 19.9 Å². The summed E-state index contributed by atoms with van der Waals surface area (Å²) in [6.07, 6.45) is 0. The van der Waals surface area contributed by atoms with Gasteiger partial charge in [-0.15, -0.1) is 0 Å². The van der Waals surface area contributed by atoms with Gasteiger partial charge in [-0.3, -0.25) is 34.4 Å². The molecule has 168 valence electrons. The van der Waals surface area contributed by atoms with Gasteiger partial charge in [-0.25, -0.2) is 0 Å². The summed E-state index contributed by atoms with van der Waals surface area (Å²) >= 11 is 0. The van der Waals surface area contributed by atoms with E-state index in [1.54, 1.807) is 48.5 Å². The highest BCUT2D eigenvalue weighted by atomic mass is 16.6. The highest BCUT2D eigenvalue weighted by Gasteiger charge is 2.58. The van der Waals surface area contributed by atoms with Gasteiger partial charge in [0, 0.05) is 4.92 Å². The Labute approximate surface area is 185 Å². The van der Waals surface area contributed by atoms with Crippen molar-refractivity contribution in [3.8, 4) is 11.5 Å². The Morgan fingerprint density at radius 2 is 1.34 bits per heavy atom. The molecular formula is C22H25N4O6+. The third-order valence-electron chi connectivity index (χ3n) is 6.01. The molecule has 0 radical (unpaired) electrons. The van der Waals surface area contributed by atoms with Crippen LogP contribution < -0.4 is 14.4 Å². The van der Waals surface area contributed by atoms with Crippen molar-refractivity contribution in [1.82, 2.24) is 9.80 Å². The topological polar surface area (TPSA) is 107 Å². The Kier molecular flexibility index (Phi) is 5.70. The second kappa shape index (κ2) is 8.46. The van der Waals surface area contributed by atoms with Crippen LogP contribution in [0.25, 0.3) is 0 Å². The van der Waals surface area contributed by atoms with Gasteiger partial charge in [-0.2, -0.15) is 0 Å². The average molecular weight is 441 g/mol. The second-order valence-electron chi connectivity index (χ2n) is 8.13. The van der Waals surface area contributed by atoms with E-state index in [4.69, 9.17) is 9.47 Å². The number of hydrogen-bond acceptors (Lipinski definition) is 6. The van der Waals surface area contributed by atoms with Gasteiger partial charge < -0.3 is 9.47 Å². The van der Waals surface area contributed by atoms with Crippen molar-refractivity contribution in [2.75, 3.05) is 47.2 Å². The number of nitrogens with zero attached hydrogens (tertiary/aromatic N) is 3. The van der Waals surface area contributed by atoms with Gasteiger partial charge in [-0.1, -0.05) is 24.3 Å². The summed E-state index contributed by atoms with van der Waals surface area (Å²) in [7, 11) is 2.96. The minimum atomic E-state index is -1.46. The molecule has 0 unspecified atom stereocenters. The largest absolute Gasteiger partial charge is 0.496 e. The summed E-state index contributed by atoms with van der Waals surface area (Å²) in [6, 6.07) is 13.6. The number of nitro groups is 1. The van der Waals surface area contributed by atoms with E-state index in [-0.39, 0.29) is 49.7 Å². The van der Waals surface area contributed by atoms with Gasteiger partial charge in [0.1, 0.15) is 24.6 Å². The lowest BCUT2D eigenvalue weighted by Gasteiger charge is -2.46. The maximum absolute atomic E-state index is 13.2. The fourth-order valence-corrected chi connectivity index (χ4v) is 4.60. The number of methoxy groups -OCH3 is 2. The number of amides is 2. The molecule has 2 fully saturated rings. The lowest BCUT2D eigenvalue weighted by atomic mass is 9.92. The first kappa shape index (κ1) is 21.6. The second-order valence-corrected chi connectivity index (χ2v) is 8.13. The molecule has 0 aromatic heterocycles. The predicted molar refractivity (Wildman–Crippen MR) is 113 cm³/mol. The maximum atomic E-state index is 13.2. The first-order valence-electron chi connectivity index (χ1n) is 10.2. The summed E-state index contributed by atoms with van der Waals surface area (Å²) in [5.74, 6) is 0.188. The van der Waals surface area contributed by atoms with E-state index < -0.39 is 5.54 Å². The molecule has 1 N–H and O–H groups in total. The van der Waals surface area contributed by atoms with Crippen molar-refractivity contribution in [2.45, 2.75) is 5.54 Å². The molecule has 0 aliphatic carbocycles. The van der Waals surface area contributed by atoms with Crippen molar-refractivity contribution in [3.63, 3.8) is 0 Å². The molecule has 2 bridgehead atoms. The van der Waals surface area contributed by atoms with E-state index in [2.05, 4.69) is 0 Å². The Balaban J connectivity index is 1.61. The van der Waals surface area contributed by atoms with Gasteiger partial charge in [0.05, 0.1) is 25.3 Å². The molecule has 2 aliphatic heterocycles. The Morgan fingerprint density at radius 3 is 1.75 bits per heavy atom. The van der Waals surface area contributed by atoms with Crippen molar-refractivity contribution in [1.29, 1.82) is 0 Å². The minimum absolute atomic E-state index is 0.0872. The van der Waals surface area contributed by atoms with Gasteiger partial charge in [-0.05, 0) is 24.3 Å².